The van der Waals surface area contributed by atoms with Gasteiger partial charge in [-0.25, -0.2) is 8.42 Å². The fraction of sp³-hybridized carbons (Fsp3) is 1.00. The standard InChI is InChI=1S/C10H17F5O3S/c11-9(12,10(13,14)15)5-4-8-19(17,18)7-3-1-2-6-16/h16H,1-8H2. The maximum atomic E-state index is 12.5. The van der Waals surface area contributed by atoms with Gasteiger partial charge in [0.1, 0.15) is 9.84 Å². The number of unbranched alkanes of at least 4 members (excludes halogenated alkanes) is 2. The van der Waals surface area contributed by atoms with E-state index >= 15 is 0 Å². The summed E-state index contributed by atoms with van der Waals surface area (Å²) in [7, 11) is -3.61. The molecule has 0 saturated carbocycles. The van der Waals surface area contributed by atoms with Gasteiger partial charge in [-0.1, -0.05) is 6.42 Å². The van der Waals surface area contributed by atoms with Gasteiger partial charge in [-0.05, 0) is 19.3 Å². The van der Waals surface area contributed by atoms with Gasteiger partial charge in [-0.15, -0.1) is 0 Å². The molecule has 0 aliphatic carbocycles. The lowest BCUT2D eigenvalue weighted by atomic mass is 10.2. The van der Waals surface area contributed by atoms with Crippen LogP contribution in [0.15, 0.2) is 0 Å². The Morgan fingerprint density at radius 1 is 0.842 bits per heavy atom. The van der Waals surface area contributed by atoms with E-state index < -0.39 is 40.5 Å². The normalized spacial score (nSPS) is 13.8. The number of halogens is 5. The smallest absolute Gasteiger partial charge is 0.396 e. The van der Waals surface area contributed by atoms with Gasteiger partial charge in [0.25, 0.3) is 0 Å². The van der Waals surface area contributed by atoms with Crippen LogP contribution in [0.25, 0.3) is 0 Å². The summed E-state index contributed by atoms with van der Waals surface area (Å²) in [4.78, 5) is 0. The van der Waals surface area contributed by atoms with Gasteiger partial charge in [0.15, 0.2) is 0 Å². The second-order valence-electron chi connectivity index (χ2n) is 4.24. The summed E-state index contributed by atoms with van der Waals surface area (Å²) in [6.45, 7) is -0.0716. The molecule has 0 aliphatic rings. The van der Waals surface area contributed by atoms with Gasteiger partial charge in [0.05, 0.1) is 11.5 Å². The summed E-state index contributed by atoms with van der Waals surface area (Å²) in [6, 6.07) is 0. The van der Waals surface area contributed by atoms with Gasteiger partial charge in [0, 0.05) is 13.0 Å². The van der Waals surface area contributed by atoms with Crippen LogP contribution in [0.1, 0.15) is 32.1 Å². The quantitative estimate of drug-likeness (QED) is 0.526. The number of aliphatic hydroxyl groups excluding tert-OH is 1. The first kappa shape index (κ1) is 18.6. The van der Waals surface area contributed by atoms with Crippen LogP contribution in [0.4, 0.5) is 22.0 Å². The average molecular weight is 312 g/mol. The lowest BCUT2D eigenvalue weighted by molar-refractivity contribution is -0.284. The number of rotatable bonds is 9. The van der Waals surface area contributed by atoms with Crippen molar-refractivity contribution in [3.05, 3.63) is 0 Å². The summed E-state index contributed by atoms with van der Waals surface area (Å²) in [5, 5.41) is 8.46. The third-order valence-electron chi connectivity index (χ3n) is 2.47. The first-order chi connectivity index (χ1) is 8.52. The molecule has 0 aromatic carbocycles. The van der Waals surface area contributed by atoms with Crippen molar-refractivity contribution in [3.63, 3.8) is 0 Å². The third-order valence-corrected chi connectivity index (χ3v) is 4.30. The Morgan fingerprint density at radius 2 is 1.37 bits per heavy atom. The van der Waals surface area contributed by atoms with Crippen LogP contribution in [0, 0.1) is 0 Å². The molecule has 9 heteroatoms. The molecular formula is C10H17F5O3S. The molecule has 19 heavy (non-hydrogen) atoms. The van der Waals surface area contributed by atoms with Crippen LogP contribution in [-0.4, -0.2) is 43.7 Å². The Morgan fingerprint density at radius 3 is 1.84 bits per heavy atom. The molecule has 0 aliphatic heterocycles. The highest BCUT2D eigenvalue weighted by atomic mass is 32.2. The molecule has 1 N–H and O–H groups in total. The van der Waals surface area contributed by atoms with Gasteiger partial charge in [-0.2, -0.15) is 22.0 Å². The number of aliphatic hydroxyl groups is 1. The Kier molecular flexibility index (Phi) is 7.20. The number of hydrogen-bond acceptors (Lipinski definition) is 3. The summed E-state index contributed by atoms with van der Waals surface area (Å²) in [6.07, 6.45) is -6.73. The summed E-state index contributed by atoms with van der Waals surface area (Å²) in [5.41, 5.74) is 0. The van der Waals surface area contributed by atoms with Gasteiger partial charge in [-0.3, -0.25) is 0 Å². The van der Waals surface area contributed by atoms with Gasteiger partial charge in [0.2, 0.25) is 0 Å². The molecule has 0 saturated heterocycles. The molecular weight excluding hydrogens is 295 g/mol. The van der Waals surface area contributed by atoms with Crippen molar-refractivity contribution in [2.45, 2.75) is 44.2 Å². The average Bonchev–Trinajstić information content (AvgIpc) is 2.22. The predicted octanol–water partition coefficient (Wildman–Crippen LogP) is 2.54. The molecule has 0 aromatic rings. The molecule has 0 rings (SSSR count). The van der Waals surface area contributed by atoms with Gasteiger partial charge >= 0.3 is 12.1 Å². The maximum Gasteiger partial charge on any atom is 0.453 e. The Labute approximate surface area is 108 Å². The zero-order chi connectivity index (χ0) is 15.2. The number of sulfone groups is 1. The molecule has 0 fully saturated rings. The molecule has 116 valence electrons. The zero-order valence-corrected chi connectivity index (χ0v) is 11.0. The van der Waals surface area contributed by atoms with E-state index in [2.05, 4.69) is 0 Å². The van der Waals surface area contributed by atoms with E-state index in [0.29, 0.717) is 12.8 Å². The Balaban J connectivity index is 4.06. The lowest BCUT2D eigenvalue weighted by Crippen LogP contribution is -2.36. The summed E-state index contributed by atoms with van der Waals surface area (Å²) in [5.74, 6) is -5.79. The van der Waals surface area contributed by atoms with Crippen LogP contribution in [-0.2, 0) is 9.84 Å². The molecule has 0 spiro atoms. The molecule has 3 nitrogen and oxygen atoms in total. The molecule has 0 atom stereocenters. The van der Waals surface area contributed by atoms with Crippen molar-refractivity contribution in [3.8, 4) is 0 Å². The molecule has 0 unspecified atom stereocenters. The Bertz CT molecular complexity index is 351. The fourth-order valence-corrected chi connectivity index (χ4v) is 2.80. The third kappa shape index (κ3) is 7.66. The predicted molar refractivity (Wildman–Crippen MR) is 59.8 cm³/mol. The van der Waals surface area contributed by atoms with Crippen molar-refractivity contribution in [2.75, 3.05) is 18.1 Å². The van der Waals surface area contributed by atoms with E-state index in [1.54, 1.807) is 0 Å². The zero-order valence-electron chi connectivity index (χ0n) is 10.2. The molecule has 0 radical (unpaired) electrons. The van der Waals surface area contributed by atoms with E-state index in [-0.39, 0.29) is 18.8 Å². The molecule has 0 aromatic heterocycles. The highest BCUT2D eigenvalue weighted by Crippen LogP contribution is 2.38. The van der Waals surface area contributed by atoms with Crippen molar-refractivity contribution in [2.24, 2.45) is 0 Å². The minimum atomic E-state index is -5.64. The highest BCUT2D eigenvalue weighted by Gasteiger charge is 2.56. The van der Waals surface area contributed by atoms with Crippen LogP contribution >= 0.6 is 0 Å². The summed E-state index contributed by atoms with van der Waals surface area (Å²) < 4.78 is 83.2. The second-order valence-corrected chi connectivity index (χ2v) is 6.55. The van der Waals surface area contributed by atoms with E-state index in [1.165, 1.54) is 0 Å². The van der Waals surface area contributed by atoms with Crippen molar-refractivity contribution in [1.82, 2.24) is 0 Å². The minimum absolute atomic E-state index is 0.0716. The number of hydrogen-bond donors (Lipinski definition) is 1. The topological polar surface area (TPSA) is 54.4 Å². The second kappa shape index (κ2) is 7.37. The first-order valence-electron chi connectivity index (χ1n) is 5.78. The molecule has 0 heterocycles. The van der Waals surface area contributed by atoms with Crippen LogP contribution in [0.3, 0.4) is 0 Å². The van der Waals surface area contributed by atoms with Crippen LogP contribution in [0.2, 0.25) is 0 Å². The van der Waals surface area contributed by atoms with Crippen LogP contribution < -0.4 is 0 Å². The molecule has 0 bridgehead atoms. The largest absolute Gasteiger partial charge is 0.453 e. The maximum absolute atomic E-state index is 12.5. The summed E-state index contributed by atoms with van der Waals surface area (Å²) >= 11 is 0. The van der Waals surface area contributed by atoms with Crippen LogP contribution in [0.5, 0.6) is 0 Å². The fourth-order valence-electron chi connectivity index (χ4n) is 1.37. The van der Waals surface area contributed by atoms with E-state index in [1.807, 2.05) is 0 Å². The van der Waals surface area contributed by atoms with Crippen molar-refractivity contribution in [1.29, 1.82) is 0 Å². The van der Waals surface area contributed by atoms with E-state index in [4.69, 9.17) is 5.11 Å². The SMILES string of the molecule is O=S(=O)(CCCCCO)CCCC(F)(F)C(F)(F)F. The minimum Gasteiger partial charge on any atom is -0.396 e. The highest BCUT2D eigenvalue weighted by molar-refractivity contribution is 7.91. The number of alkyl halides is 5. The van der Waals surface area contributed by atoms with E-state index in [0.717, 1.165) is 0 Å². The van der Waals surface area contributed by atoms with Gasteiger partial charge < -0.3 is 5.11 Å². The Hall–Kier alpha value is -0.440. The molecule has 0 amide bonds. The first-order valence-corrected chi connectivity index (χ1v) is 7.60. The monoisotopic (exact) mass is 312 g/mol. The lowest BCUT2D eigenvalue weighted by Gasteiger charge is -2.19. The van der Waals surface area contributed by atoms with Crippen molar-refractivity contribution < 1.29 is 35.5 Å². The van der Waals surface area contributed by atoms with E-state index in [9.17, 15) is 30.4 Å². The van der Waals surface area contributed by atoms with Crippen molar-refractivity contribution >= 4 is 9.84 Å².